The third-order valence-corrected chi connectivity index (χ3v) is 3.20. The maximum absolute atomic E-state index is 11.9. The van der Waals surface area contributed by atoms with Gasteiger partial charge < -0.3 is 4.74 Å². The van der Waals surface area contributed by atoms with Gasteiger partial charge in [-0.05, 0) is 48.0 Å². The number of ketones is 1. The Morgan fingerprint density at radius 1 is 1.05 bits per heavy atom. The SMILES string of the molecule is COc1ccc(C=CC(=O)c2ccc(Br)cc2)cc1. The van der Waals surface area contributed by atoms with E-state index in [0.717, 1.165) is 15.8 Å². The van der Waals surface area contributed by atoms with Gasteiger partial charge in [0.05, 0.1) is 7.11 Å². The highest BCUT2D eigenvalue weighted by molar-refractivity contribution is 9.10. The molecule has 2 nitrogen and oxygen atoms in total. The van der Waals surface area contributed by atoms with Gasteiger partial charge in [0.1, 0.15) is 5.75 Å². The van der Waals surface area contributed by atoms with Crippen LogP contribution in [0.4, 0.5) is 0 Å². The summed E-state index contributed by atoms with van der Waals surface area (Å²) < 4.78 is 6.04. The van der Waals surface area contributed by atoms with Crippen LogP contribution in [0.25, 0.3) is 6.08 Å². The Balaban J connectivity index is 2.08. The van der Waals surface area contributed by atoms with Gasteiger partial charge >= 0.3 is 0 Å². The number of hydrogen-bond donors (Lipinski definition) is 0. The minimum atomic E-state index is -0.0108. The van der Waals surface area contributed by atoms with E-state index in [0.29, 0.717) is 5.56 Å². The van der Waals surface area contributed by atoms with Gasteiger partial charge in [-0.3, -0.25) is 4.79 Å². The summed E-state index contributed by atoms with van der Waals surface area (Å²) in [4.78, 5) is 11.9. The second-order valence-corrected chi connectivity index (χ2v) is 4.89. The van der Waals surface area contributed by atoms with Crippen molar-refractivity contribution < 1.29 is 9.53 Å². The van der Waals surface area contributed by atoms with E-state index in [9.17, 15) is 4.79 Å². The predicted molar refractivity (Wildman–Crippen MR) is 80.5 cm³/mol. The quantitative estimate of drug-likeness (QED) is 0.619. The number of carbonyl (C=O) groups excluding carboxylic acids is 1. The van der Waals surface area contributed by atoms with Crippen molar-refractivity contribution >= 4 is 27.8 Å². The molecule has 0 aliphatic heterocycles. The second kappa shape index (κ2) is 6.34. The Bertz CT molecular complexity index is 583. The van der Waals surface area contributed by atoms with Gasteiger partial charge in [-0.2, -0.15) is 0 Å². The van der Waals surface area contributed by atoms with Crippen molar-refractivity contribution in [1.82, 2.24) is 0 Å². The first-order valence-corrected chi connectivity index (χ1v) is 6.60. The van der Waals surface area contributed by atoms with Crippen molar-refractivity contribution in [3.05, 3.63) is 70.2 Å². The van der Waals surface area contributed by atoms with E-state index in [-0.39, 0.29) is 5.78 Å². The van der Waals surface area contributed by atoms with Crippen LogP contribution in [0.2, 0.25) is 0 Å². The van der Waals surface area contributed by atoms with Crippen molar-refractivity contribution in [3.63, 3.8) is 0 Å². The fourth-order valence-electron chi connectivity index (χ4n) is 1.60. The molecule has 0 saturated heterocycles. The highest BCUT2D eigenvalue weighted by Gasteiger charge is 2.00. The normalized spacial score (nSPS) is 10.6. The van der Waals surface area contributed by atoms with Crippen LogP contribution in [0.1, 0.15) is 15.9 Å². The number of ether oxygens (including phenoxy) is 1. The number of allylic oxidation sites excluding steroid dienone is 1. The molecule has 0 aliphatic rings. The molecule has 0 N–H and O–H groups in total. The van der Waals surface area contributed by atoms with Gasteiger partial charge in [0, 0.05) is 10.0 Å². The van der Waals surface area contributed by atoms with Gasteiger partial charge in [-0.1, -0.05) is 34.1 Å². The van der Waals surface area contributed by atoms with Crippen molar-refractivity contribution in [1.29, 1.82) is 0 Å². The summed E-state index contributed by atoms with van der Waals surface area (Å²) in [6.45, 7) is 0. The number of halogens is 1. The van der Waals surface area contributed by atoms with Crippen LogP contribution in [0.5, 0.6) is 5.75 Å². The van der Waals surface area contributed by atoms with E-state index < -0.39 is 0 Å². The Morgan fingerprint density at radius 2 is 1.68 bits per heavy atom. The fraction of sp³-hybridized carbons (Fsp3) is 0.0625. The lowest BCUT2D eigenvalue weighted by atomic mass is 10.1. The van der Waals surface area contributed by atoms with Crippen LogP contribution in [0, 0.1) is 0 Å². The molecule has 2 aromatic carbocycles. The molecule has 0 fully saturated rings. The number of methoxy groups -OCH3 is 1. The number of hydrogen-bond acceptors (Lipinski definition) is 2. The molecular formula is C16H13BrO2. The second-order valence-electron chi connectivity index (χ2n) is 3.98. The molecule has 0 aliphatic carbocycles. The van der Waals surface area contributed by atoms with Crippen LogP contribution < -0.4 is 4.74 Å². The van der Waals surface area contributed by atoms with E-state index in [1.54, 1.807) is 31.4 Å². The molecule has 0 amide bonds. The summed E-state index contributed by atoms with van der Waals surface area (Å²) in [6, 6.07) is 14.8. The van der Waals surface area contributed by atoms with Crippen molar-refractivity contribution in [2.45, 2.75) is 0 Å². The van der Waals surface area contributed by atoms with Crippen LogP contribution in [0.3, 0.4) is 0 Å². The Labute approximate surface area is 120 Å². The minimum absolute atomic E-state index is 0.0108. The molecule has 96 valence electrons. The molecule has 0 bridgehead atoms. The zero-order valence-electron chi connectivity index (χ0n) is 10.5. The summed E-state index contributed by atoms with van der Waals surface area (Å²) in [6.07, 6.45) is 3.37. The van der Waals surface area contributed by atoms with Crippen molar-refractivity contribution in [3.8, 4) is 5.75 Å². The molecule has 19 heavy (non-hydrogen) atoms. The zero-order valence-corrected chi connectivity index (χ0v) is 12.1. The molecule has 3 heteroatoms. The van der Waals surface area contributed by atoms with Crippen LogP contribution in [-0.4, -0.2) is 12.9 Å². The summed E-state index contributed by atoms with van der Waals surface area (Å²) >= 11 is 3.34. The number of carbonyl (C=O) groups is 1. The van der Waals surface area contributed by atoms with Gasteiger partial charge in [0.15, 0.2) is 5.78 Å². The molecule has 0 saturated carbocycles. The first-order chi connectivity index (χ1) is 9.19. The van der Waals surface area contributed by atoms with Crippen LogP contribution >= 0.6 is 15.9 Å². The minimum Gasteiger partial charge on any atom is -0.497 e. The molecule has 0 radical (unpaired) electrons. The van der Waals surface area contributed by atoms with Gasteiger partial charge in [-0.15, -0.1) is 0 Å². The molecule has 0 unspecified atom stereocenters. The average molecular weight is 317 g/mol. The van der Waals surface area contributed by atoms with E-state index in [1.165, 1.54) is 0 Å². The maximum Gasteiger partial charge on any atom is 0.185 e. The average Bonchev–Trinajstić information content (AvgIpc) is 2.46. The molecule has 2 rings (SSSR count). The fourth-order valence-corrected chi connectivity index (χ4v) is 1.86. The van der Waals surface area contributed by atoms with Crippen molar-refractivity contribution in [2.24, 2.45) is 0 Å². The van der Waals surface area contributed by atoms with Gasteiger partial charge in [0.25, 0.3) is 0 Å². The van der Waals surface area contributed by atoms with Crippen molar-refractivity contribution in [2.75, 3.05) is 7.11 Å². The first-order valence-electron chi connectivity index (χ1n) is 5.81. The summed E-state index contributed by atoms with van der Waals surface area (Å²) in [5, 5.41) is 0. The summed E-state index contributed by atoms with van der Waals surface area (Å²) in [5.41, 5.74) is 1.64. The van der Waals surface area contributed by atoms with E-state index in [1.807, 2.05) is 36.4 Å². The topological polar surface area (TPSA) is 26.3 Å². The Hall–Kier alpha value is -1.87. The molecule has 0 atom stereocenters. The molecular weight excluding hydrogens is 304 g/mol. The highest BCUT2D eigenvalue weighted by atomic mass is 79.9. The zero-order chi connectivity index (χ0) is 13.7. The molecule has 2 aromatic rings. The lowest BCUT2D eigenvalue weighted by molar-refractivity contribution is 0.104. The van der Waals surface area contributed by atoms with E-state index in [2.05, 4.69) is 15.9 Å². The Morgan fingerprint density at radius 3 is 2.26 bits per heavy atom. The number of benzene rings is 2. The monoisotopic (exact) mass is 316 g/mol. The third-order valence-electron chi connectivity index (χ3n) is 2.67. The standard InChI is InChI=1S/C16H13BrO2/c1-19-15-9-2-12(3-10-15)4-11-16(18)13-5-7-14(17)8-6-13/h2-11H,1H3. The van der Waals surface area contributed by atoms with Crippen LogP contribution in [-0.2, 0) is 0 Å². The van der Waals surface area contributed by atoms with Gasteiger partial charge in [-0.25, -0.2) is 0 Å². The lowest BCUT2D eigenvalue weighted by Crippen LogP contribution is -1.93. The third kappa shape index (κ3) is 3.80. The largest absolute Gasteiger partial charge is 0.497 e. The lowest BCUT2D eigenvalue weighted by Gasteiger charge is -1.99. The maximum atomic E-state index is 11.9. The molecule has 0 spiro atoms. The summed E-state index contributed by atoms with van der Waals surface area (Å²) in [5.74, 6) is 0.791. The number of rotatable bonds is 4. The smallest absolute Gasteiger partial charge is 0.185 e. The highest BCUT2D eigenvalue weighted by Crippen LogP contribution is 2.14. The first kappa shape index (κ1) is 13.6. The van der Waals surface area contributed by atoms with Crippen LogP contribution in [0.15, 0.2) is 59.1 Å². The van der Waals surface area contributed by atoms with E-state index >= 15 is 0 Å². The Kier molecular flexibility index (Phi) is 4.53. The summed E-state index contributed by atoms with van der Waals surface area (Å²) in [7, 11) is 1.63. The molecule has 0 heterocycles. The van der Waals surface area contributed by atoms with Gasteiger partial charge in [0.2, 0.25) is 0 Å². The van der Waals surface area contributed by atoms with E-state index in [4.69, 9.17) is 4.74 Å². The molecule has 0 aromatic heterocycles. The predicted octanol–water partition coefficient (Wildman–Crippen LogP) is 4.35.